The van der Waals surface area contributed by atoms with Gasteiger partial charge in [0.1, 0.15) is 23.0 Å². The second-order valence-electron chi connectivity index (χ2n) is 33.8. The molecule has 0 bridgehead atoms. The van der Waals surface area contributed by atoms with Gasteiger partial charge >= 0.3 is 0 Å². The van der Waals surface area contributed by atoms with Crippen LogP contribution >= 0.6 is 0 Å². The highest BCUT2D eigenvalue weighted by Crippen LogP contribution is 2.64. The van der Waals surface area contributed by atoms with E-state index >= 15 is 0 Å². The Morgan fingerprint density at radius 3 is 0.973 bits per heavy atom. The van der Waals surface area contributed by atoms with Crippen molar-refractivity contribution in [1.82, 2.24) is 9.13 Å². The third kappa shape index (κ3) is 8.79. The molecule has 0 saturated heterocycles. The Kier molecular flexibility index (Phi) is 12.7. The fraction of sp³-hybridized carbons (Fsp3) is 0.0857. The number of aromatic nitrogens is 2. The average molecular weight is 1420 g/mol. The normalized spacial score (nSPS) is 13.9. The zero-order chi connectivity index (χ0) is 73.7. The van der Waals surface area contributed by atoms with Crippen molar-refractivity contribution < 1.29 is 9.47 Å². The first-order valence-electron chi connectivity index (χ1n) is 39.2. The molecule has 4 nitrogen and oxygen atoms in total. The van der Waals surface area contributed by atoms with Crippen LogP contribution in [-0.2, 0) is 16.2 Å². The molecule has 1 spiro atoms. The van der Waals surface area contributed by atoms with Gasteiger partial charge in [-0.15, -0.1) is 0 Å². The Bertz CT molecular complexity index is 6690. The summed E-state index contributed by atoms with van der Waals surface area (Å²) >= 11 is 0. The first-order valence-corrected chi connectivity index (χ1v) is 39.2. The van der Waals surface area contributed by atoms with Crippen LogP contribution in [0.15, 0.2) is 328 Å². The zero-order valence-electron chi connectivity index (χ0n) is 62.5. The van der Waals surface area contributed by atoms with Crippen molar-refractivity contribution in [3.8, 4) is 123 Å². The second-order valence-corrected chi connectivity index (χ2v) is 33.8. The zero-order valence-corrected chi connectivity index (χ0v) is 62.5. The molecular formula is C105H72B2N2O2. The minimum atomic E-state index is -0.773. The van der Waals surface area contributed by atoms with E-state index in [0.717, 1.165) is 67.6 Å². The minimum Gasteiger partial charge on any atom is -0.458 e. The smallest absolute Gasteiger partial charge is 0.256 e. The molecule has 6 heteroatoms. The summed E-state index contributed by atoms with van der Waals surface area (Å²) in [5.41, 5.74) is 40.0. The first kappa shape index (κ1) is 62.8. The number of benzene rings is 16. The van der Waals surface area contributed by atoms with Crippen LogP contribution in [0.3, 0.4) is 0 Å². The second kappa shape index (κ2) is 22.5. The average Bonchev–Trinajstić information content (AvgIpc) is 1.53. The monoisotopic (exact) mass is 1410 g/mol. The molecule has 18 aromatic rings. The number of fused-ring (bicyclic) bond motifs is 24. The van der Waals surface area contributed by atoms with Crippen LogP contribution in [-0.4, -0.2) is 22.6 Å². The quantitative estimate of drug-likeness (QED) is 0.155. The summed E-state index contributed by atoms with van der Waals surface area (Å²) < 4.78 is 21.0. The lowest BCUT2D eigenvalue weighted by Crippen LogP contribution is -2.58. The molecule has 0 radical (unpaired) electrons. The van der Waals surface area contributed by atoms with Gasteiger partial charge in [0.25, 0.3) is 13.4 Å². The Labute approximate surface area is 646 Å². The van der Waals surface area contributed by atoms with Crippen LogP contribution in [0.1, 0.15) is 74.9 Å². The summed E-state index contributed by atoms with van der Waals surface area (Å²) in [4.78, 5) is 0. The maximum Gasteiger partial charge on any atom is 0.256 e. The van der Waals surface area contributed by atoms with E-state index in [9.17, 15) is 0 Å². The van der Waals surface area contributed by atoms with Crippen molar-refractivity contribution in [2.24, 2.45) is 0 Å². The number of nitrogens with zero attached hydrogens (tertiary/aromatic N) is 2. The van der Waals surface area contributed by atoms with E-state index in [4.69, 9.17) is 9.47 Å². The van der Waals surface area contributed by atoms with E-state index in [-0.39, 0.29) is 24.3 Å². The SMILES string of the molecule is CC(C)(C)c1ccc(-c2cc3c4c(c2)-n2c5ccc(-c6ccccc6)cc5c5cc(-c6ccccc6)cc(c52)B4c2cc4c(cc2O3)C2(c3ccccc3-4)c3ccccc3-c3cc4c(cc32)Oc2cc(-c3ccc(C(C)(C)C)cc3)cc3c2B4c2cc(-c4ccccc4)cc4c5cc(-c6ccccc6)ccc5n-3c24)cc1. The predicted molar refractivity (Wildman–Crippen MR) is 464 cm³/mol. The third-order valence-electron chi connectivity index (χ3n) is 25.7. The molecule has 4 aliphatic heterocycles. The Morgan fingerprint density at radius 2 is 0.586 bits per heavy atom. The van der Waals surface area contributed by atoms with Crippen molar-refractivity contribution in [3.05, 3.63) is 361 Å². The summed E-state index contributed by atoms with van der Waals surface area (Å²) in [6.07, 6.45) is 0. The molecule has 2 aromatic heterocycles. The third-order valence-corrected chi connectivity index (χ3v) is 25.7. The van der Waals surface area contributed by atoms with E-state index in [1.165, 1.54) is 166 Å². The van der Waals surface area contributed by atoms with Crippen LogP contribution in [0, 0.1) is 0 Å². The van der Waals surface area contributed by atoms with Gasteiger partial charge in [-0.25, -0.2) is 0 Å². The topological polar surface area (TPSA) is 28.3 Å². The van der Waals surface area contributed by atoms with Crippen LogP contribution < -0.4 is 42.3 Å². The van der Waals surface area contributed by atoms with Gasteiger partial charge in [-0.05, 0) is 239 Å². The highest BCUT2D eigenvalue weighted by atomic mass is 16.5. The maximum atomic E-state index is 7.91. The van der Waals surface area contributed by atoms with Gasteiger partial charge in [-0.2, -0.15) is 0 Å². The van der Waals surface area contributed by atoms with E-state index < -0.39 is 5.41 Å². The Hall–Kier alpha value is -13.2. The van der Waals surface area contributed by atoms with Crippen LogP contribution in [0.4, 0.5) is 0 Å². The molecular weight excluding hydrogens is 1340 g/mol. The number of ether oxygens (including phenoxy) is 2. The molecule has 0 saturated carbocycles. The standard InChI is InChI=1S/C105H72B2N2O2/c1-103(2,3)73-41-35-65(36-42-73)71-53-93-99-97(55-71)110-95-59-85-77(57-87(95)106(99)89-51-69(63-27-15-9-16-28-63)49-81-79-47-67(61-23-11-7-12-24-61)39-45-91(79)108(93)101(81)89)75-31-19-21-33-83(75)105(85)84-34-22-20-32-76(84)78-58-88-96(60-86(78)105)111-98-56-72(66-37-43-74(44-38-66)104(4,5)6)54-94-100(98)107(88)90-52-70(64-29-17-10-18-30-64)50-82-80-48-68(62-25-13-8-14-26-62)40-46-92(80)109(94)102(82)90/h7-60H,1-6H3. The summed E-state index contributed by atoms with van der Waals surface area (Å²) in [5.74, 6) is 3.50. The van der Waals surface area contributed by atoms with E-state index in [2.05, 4.69) is 378 Å². The maximum absolute atomic E-state index is 7.91. The van der Waals surface area contributed by atoms with Gasteiger partial charge in [0, 0.05) is 44.0 Å². The molecule has 0 atom stereocenters. The molecule has 6 heterocycles. The molecule has 6 aliphatic rings. The van der Waals surface area contributed by atoms with Gasteiger partial charge in [-0.1, -0.05) is 296 Å². The summed E-state index contributed by atoms with van der Waals surface area (Å²) in [5, 5.41) is 4.92. The largest absolute Gasteiger partial charge is 0.458 e. The molecule has 111 heavy (non-hydrogen) atoms. The van der Waals surface area contributed by atoms with Crippen LogP contribution in [0.2, 0.25) is 0 Å². The van der Waals surface area contributed by atoms with Crippen molar-refractivity contribution in [2.75, 3.05) is 0 Å². The Morgan fingerprint density at radius 1 is 0.252 bits per heavy atom. The summed E-state index contributed by atoms with van der Waals surface area (Å²) in [7, 11) is 0. The van der Waals surface area contributed by atoms with Crippen LogP contribution in [0.25, 0.3) is 144 Å². The Balaban J connectivity index is 0.754. The van der Waals surface area contributed by atoms with Crippen molar-refractivity contribution in [2.45, 2.75) is 57.8 Å². The predicted octanol–water partition coefficient (Wildman–Crippen LogP) is 22.7. The lowest BCUT2D eigenvalue weighted by molar-refractivity contribution is 0.485. The molecule has 520 valence electrons. The van der Waals surface area contributed by atoms with E-state index in [0.29, 0.717) is 0 Å². The highest BCUT2D eigenvalue weighted by Gasteiger charge is 2.55. The number of hydrogen-bond donors (Lipinski definition) is 0. The molecule has 0 amide bonds. The van der Waals surface area contributed by atoms with Gasteiger partial charge in [0.2, 0.25) is 0 Å². The summed E-state index contributed by atoms with van der Waals surface area (Å²) in [6, 6.07) is 125. The van der Waals surface area contributed by atoms with Crippen molar-refractivity contribution >= 4 is 89.8 Å². The summed E-state index contributed by atoms with van der Waals surface area (Å²) in [6.45, 7) is 13.4. The van der Waals surface area contributed by atoms with Crippen LogP contribution in [0.5, 0.6) is 23.0 Å². The van der Waals surface area contributed by atoms with Crippen molar-refractivity contribution in [3.63, 3.8) is 0 Å². The number of rotatable bonds is 6. The first-order chi connectivity index (χ1) is 54.3. The highest BCUT2D eigenvalue weighted by molar-refractivity contribution is 7.00. The molecule has 0 N–H and O–H groups in total. The number of hydrogen-bond acceptors (Lipinski definition) is 2. The molecule has 16 aromatic carbocycles. The molecule has 24 rings (SSSR count). The lowest BCUT2D eigenvalue weighted by Gasteiger charge is -2.36. The fourth-order valence-electron chi connectivity index (χ4n) is 20.6. The van der Waals surface area contributed by atoms with E-state index in [1.807, 2.05) is 0 Å². The van der Waals surface area contributed by atoms with Gasteiger partial charge in [-0.3, -0.25) is 0 Å². The van der Waals surface area contributed by atoms with Gasteiger partial charge in [0.05, 0.1) is 16.4 Å². The fourth-order valence-corrected chi connectivity index (χ4v) is 20.6. The minimum absolute atomic E-state index is 0.00379. The van der Waals surface area contributed by atoms with Gasteiger partial charge in [0.15, 0.2) is 0 Å². The molecule has 0 unspecified atom stereocenters. The molecule has 0 fully saturated rings. The van der Waals surface area contributed by atoms with E-state index in [1.54, 1.807) is 0 Å². The molecule has 2 aliphatic carbocycles. The lowest BCUT2D eigenvalue weighted by atomic mass is 9.34. The van der Waals surface area contributed by atoms with Crippen molar-refractivity contribution in [1.29, 1.82) is 0 Å². The van der Waals surface area contributed by atoms with Gasteiger partial charge < -0.3 is 18.6 Å².